The van der Waals surface area contributed by atoms with Gasteiger partial charge in [0.1, 0.15) is 11.7 Å². The normalized spacial score (nSPS) is 16.0. The van der Waals surface area contributed by atoms with E-state index >= 15 is 0 Å². The molecular formula is C21H37NO5SSi. The highest BCUT2D eigenvalue weighted by atomic mass is 32.2. The van der Waals surface area contributed by atoms with Crippen molar-refractivity contribution < 1.29 is 22.1 Å². The third-order valence-electron chi connectivity index (χ3n) is 4.89. The number of rotatable bonds is 10. The van der Waals surface area contributed by atoms with Crippen LogP contribution in [0.1, 0.15) is 53.2 Å². The molecule has 0 aliphatic heterocycles. The maximum Gasteiger partial charge on any atom is 0.302 e. The predicted molar refractivity (Wildman–Crippen MR) is 121 cm³/mol. The third kappa shape index (κ3) is 9.00. The smallest absolute Gasteiger partial charge is 0.302 e. The Hall–Kier alpha value is -1.19. The summed E-state index contributed by atoms with van der Waals surface area (Å²) in [5.74, 6) is 0.356. The molecule has 0 spiro atoms. The highest BCUT2D eigenvalue weighted by Gasteiger charge is 2.39. The van der Waals surface area contributed by atoms with E-state index in [-0.39, 0.29) is 11.6 Å². The van der Waals surface area contributed by atoms with Crippen molar-refractivity contribution in [3.05, 3.63) is 48.4 Å². The van der Waals surface area contributed by atoms with Crippen molar-refractivity contribution in [2.24, 2.45) is 0 Å². The van der Waals surface area contributed by atoms with Gasteiger partial charge in [0.25, 0.3) is 0 Å². The lowest BCUT2D eigenvalue weighted by Crippen LogP contribution is -2.47. The summed E-state index contributed by atoms with van der Waals surface area (Å²) in [5, 5.41) is 3.24. The van der Waals surface area contributed by atoms with Crippen LogP contribution in [0.25, 0.3) is 0 Å². The molecule has 0 saturated heterocycles. The van der Waals surface area contributed by atoms with Crippen LogP contribution in [0.4, 0.5) is 0 Å². The van der Waals surface area contributed by atoms with Crippen LogP contribution in [0.5, 0.6) is 0 Å². The third-order valence-corrected chi connectivity index (χ3v) is 9.76. The van der Waals surface area contributed by atoms with Crippen LogP contribution >= 0.6 is 0 Å². The second kappa shape index (κ2) is 10.2. The lowest BCUT2D eigenvalue weighted by Gasteiger charge is -2.39. The molecule has 0 saturated carbocycles. The van der Waals surface area contributed by atoms with Crippen molar-refractivity contribution in [3.63, 3.8) is 0 Å². The molecule has 2 N–H and O–H groups in total. The Morgan fingerprint density at radius 2 is 1.72 bits per heavy atom. The molecule has 29 heavy (non-hydrogen) atoms. The summed E-state index contributed by atoms with van der Waals surface area (Å²) in [7, 11) is -2.06. The SMILES string of the molecule is C=C(N[C@H](CO[Si](C)(C)C(C)(C)C)[C@H](OS(=O)O)c1ccccc1)OC(C)(C)C. The molecule has 1 aromatic carbocycles. The molecule has 8 heteroatoms. The van der Waals surface area contributed by atoms with Gasteiger partial charge in [-0.1, -0.05) is 51.1 Å². The van der Waals surface area contributed by atoms with Gasteiger partial charge in [-0.15, -0.1) is 0 Å². The highest BCUT2D eigenvalue weighted by Crippen LogP contribution is 2.37. The number of hydrogen-bond donors (Lipinski definition) is 2. The van der Waals surface area contributed by atoms with Gasteiger partial charge in [0.15, 0.2) is 14.2 Å². The van der Waals surface area contributed by atoms with E-state index in [1.54, 1.807) is 0 Å². The van der Waals surface area contributed by atoms with Crippen molar-refractivity contribution in [1.82, 2.24) is 5.32 Å². The number of benzene rings is 1. The van der Waals surface area contributed by atoms with Gasteiger partial charge in [-0.3, -0.25) is 8.74 Å². The Balaban J connectivity index is 3.17. The fourth-order valence-electron chi connectivity index (χ4n) is 2.41. The van der Waals surface area contributed by atoms with Crippen LogP contribution in [-0.4, -0.2) is 35.3 Å². The Morgan fingerprint density at radius 3 is 2.17 bits per heavy atom. The zero-order valence-corrected chi connectivity index (χ0v) is 20.8. The zero-order valence-electron chi connectivity index (χ0n) is 18.9. The average molecular weight is 444 g/mol. The number of hydrogen-bond acceptors (Lipinski definition) is 5. The van der Waals surface area contributed by atoms with Crippen LogP contribution in [0, 0.1) is 0 Å². The summed E-state index contributed by atoms with van der Waals surface area (Å²) < 4.78 is 38.6. The molecule has 0 bridgehead atoms. The molecule has 0 fully saturated rings. The fraction of sp³-hybridized carbons (Fsp3) is 0.619. The van der Waals surface area contributed by atoms with Gasteiger partial charge >= 0.3 is 11.4 Å². The lowest BCUT2D eigenvalue weighted by atomic mass is 10.0. The minimum Gasteiger partial charge on any atom is -0.474 e. The van der Waals surface area contributed by atoms with Gasteiger partial charge in [0.2, 0.25) is 0 Å². The Kier molecular flexibility index (Phi) is 9.10. The second-order valence-electron chi connectivity index (χ2n) is 9.60. The predicted octanol–water partition coefficient (Wildman–Crippen LogP) is 5.15. The lowest BCUT2D eigenvalue weighted by molar-refractivity contribution is 0.0258. The van der Waals surface area contributed by atoms with Gasteiger partial charge < -0.3 is 14.5 Å². The summed E-state index contributed by atoms with van der Waals surface area (Å²) in [4.78, 5) is 0. The Bertz CT molecular complexity index is 683. The van der Waals surface area contributed by atoms with Gasteiger partial charge in [-0.05, 0) is 51.0 Å². The first-order valence-electron chi connectivity index (χ1n) is 9.74. The Morgan fingerprint density at radius 1 is 1.17 bits per heavy atom. The molecular weight excluding hydrogens is 406 g/mol. The van der Waals surface area contributed by atoms with Crippen molar-refractivity contribution >= 4 is 19.7 Å². The van der Waals surface area contributed by atoms with Crippen molar-refractivity contribution in [2.45, 2.75) is 77.4 Å². The first-order chi connectivity index (χ1) is 13.1. The van der Waals surface area contributed by atoms with Crippen LogP contribution < -0.4 is 5.32 Å². The van der Waals surface area contributed by atoms with Gasteiger partial charge in [-0.25, -0.2) is 0 Å². The molecule has 0 aliphatic carbocycles. The molecule has 0 radical (unpaired) electrons. The molecule has 1 aromatic rings. The van der Waals surface area contributed by atoms with Crippen molar-refractivity contribution in [3.8, 4) is 0 Å². The minimum atomic E-state index is -2.45. The summed E-state index contributed by atoms with van der Waals surface area (Å²) in [5.41, 5.74) is 0.326. The zero-order chi connectivity index (χ0) is 22.5. The van der Waals surface area contributed by atoms with Gasteiger partial charge in [0, 0.05) is 0 Å². The van der Waals surface area contributed by atoms with E-state index in [0.29, 0.717) is 5.88 Å². The topological polar surface area (TPSA) is 77.0 Å². The second-order valence-corrected chi connectivity index (χ2v) is 15.0. The average Bonchev–Trinajstić information content (AvgIpc) is 2.54. The van der Waals surface area contributed by atoms with Crippen LogP contribution in [0.15, 0.2) is 42.8 Å². The molecule has 0 aromatic heterocycles. The molecule has 0 amide bonds. The number of ether oxygens (including phenoxy) is 1. The number of nitrogens with one attached hydrogen (secondary N) is 1. The minimum absolute atomic E-state index is 0.0272. The highest BCUT2D eigenvalue weighted by molar-refractivity contribution is 7.74. The van der Waals surface area contributed by atoms with Crippen molar-refractivity contribution in [1.29, 1.82) is 0 Å². The van der Waals surface area contributed by atoms with E-state index in [1.807, 2.05) is 51.1 Å². The van der Waals surface area contributed by atoms with E-state index in [4.69, 9.17) is 13.3 Å². The van der Waals surface area contributed by atoms with E-state index in [0.717, 1.165) is 5.56 Å². The molecule has 1 rings (SSSR count). The van der Waals surface area contributed by atoms with E-state index in [1.165, 1.54) is 0 Å². The summed E-state index contributed by atoms with van der Waals surface area (Å²) in [6.07, 6.45) is -0.730. The standard InChI is InChI=1S/C21H37NO5SSi/c1-16(26-20(2,3)4)22-18(15-25-29(8,9)21(5,6)7)19(27-28(23)24)17-13-11-10-12-14-17/h10-14,18-19,22H,1,15H2,2-9H3,(H,23,24)/t18-,19-/m1/s1. The van der Waals surface area contributed by atoms with E-state index < -0.39 is 37.4 Å². The van der Waals surface area contributed by atoms with Gasteiger partial charge in [0.05, 0.1) is 12.6 Å². The largest absolute Gasteiger partial charge is 0.474 e. The van der Waals surface area contributed by atoms with Crippen LogP contribution in [0.3, 0.4) is 0 Å². The molecule has 1 unspecified atom stereocenters. The monoisotopic (exact) mass is 443 g/mol. The fourth-order valence-corrected chi connectivity index (χ4v) is 3.86. The van der Waals surface area contributed by atoms with Crippen LogP contribution in [-0.2, 0) is 24.7 Å². The van der Waals surface area contributed by atoms with E-state index in [9.17, 15) is 8.76 Å². The van der Waals surface area contributed by atoms with Crippen molar-refractivity contribution in [2.75, 3.05) is 6.61 Å². The summed E-state index contributed by atoms with van der Waals surface area (Å²) in [6, 6.07) is 8.83. The van der Waals surface area contributed by atoms with Crippen LogP contribution in [0.2, 0.25) is 18.1 Å². The van der Waals surface area contributed by atoms with E-state index in [2.05, 4.69) is 45.8 Å². The maximum atomic E-state index is 11.5. The quantitative estimate of drug-likeness (QED) is 0.296. The summed E-state index contributed by atoms with van der Waals surface area (Å²) in [6.45, 7) is 20.8. The molecule has 6 nitrogen and oxygen atoms in total. The molecule has 3 atom stereocenters. The molecule has 166 valence electrons. The Labute approximate surface area is 179 Å². The first-order valence-corrected chi connectivity index (χ1v) is 13.7. The first kappa shape index (κ1) is 25.8. The molecule has 0 aliphatic rings. The maximum absolute atomic E-state index is 11.5. The van der Waals surface area contributed by atoms with Gasteiger partial charge in [-0.2, -0.15) is 4.21 Å². The summed E-state index contributed by atoms with van der Waals surface area (Å²) >= 11 is -2.45. The molecule has 0 heterocycles.